The Labute approximate surface area is 120 Å². The smallest absolute Gasteiger partial charge is 0.263 e. The molecule has 1 aliphatic rings. The van der Waals surface area contributed by atoms with Gasteiger partial charge in [0.1, 0.15) is 5.75 Å². The first-order chi connectivity index (χ1) is 9.06. The number of carbonyl (C=O) groups excluding carboxylic acids is 2. The van der Waals surface area contributed by atoms with Crippen molar-refractivity contribution in [2.24, 2.45) is 0 Å². The normalized spacial score (nSPS) is 16.7. The minimum absolute atomic E-state index is 0.104. The fourth-order valence-electron chi connectivity index (χ4n) is 1.85. The van der Waals surface area contributed by atoms with Crippen molar-refractivity contribution in [1.29, 1.82) is 0 Å². The molecule has 2 amide bonds. The Morgan fingerprint density at radius 1 is 1.42 bits per heavy atom. The molecule has 1 atom stereocenters. The third-order valence-electron chi connectivity index (χ3n) is 2.82. The van der Waals surface area contributed by atoms with Crippen LogP contribution in [-0.4, -0.2) is 42.5 Å². The van der Waals surface area contributed by atoms with Gasteiger partial charge in [0.05, 0.1) is 6.54 Å². The molecule has 1 N–H and O–H groups in total. The van der Waals surface area contributed by atoms with Crippen LogP contribution < -0.4 is 10.1 Å². The summed E-state index contributed by atoms with van der Waals surface area (Å²) in [5.74, 6) is 0.332. The SMILES string of the molecule is C[C@H](Oc1ccc(Br)cc1)C(=O)N1CCNC(=O)C1. The second-order valence-corrected chi connectivity index (χ2v) is 5.24. The molecule has 0 bridgehead atoms. The van der Waals surface area contributed by atoms with Gasteiger partial charge in [-0.1, -0.05) is 15.9 Å². The quantitative estimate of drug-likeness (QED) is 0.907. The molecular weight excluding hydrogens is 312 g/mol. The van der Waals surface area contributed by atoms with Gasteiger partial charge in [-0.25, -0.2) is 0 Å². The van der Waals surface area contributed by atoms with Crippen LogP contribution in [0.5, 0.6) is 5.75 Å². The molecule has 0 spiro atoms. The van der Waals surface area contributed by atoms with Crippen LogP contribution in [0.25, 0.3) is 0 Å². The van der Waals surface area contributed by atoms with Crippen LogP contribution in [0.4, 0.5) is 0 Å². The van der Waals surface area contributed by atoms with E-state index in [1.165, 1.54) is 4.90 Å². The second kappa shape index (κ2) is 6.06. The molecule has 0 aliphatic carbocycles. The summed E-state index contributed by atoms with van der Waals surface area (Å²) in [4.78, 5) is 24.9. The molecular formula is C13H15BrN2O3. The zero-order valence-electron chi connectivity index (χ0n) is 10.6. The second-order valence-electron chi connectivity index (χ2n) is 4.32. The molecule has 1 heterocycles. The van der Waals surface area contributed by atoms with E-state index in [9.17, 15) is 9.59 Å². The molecule has 1 fully saturated rings. The van der Waals surface area contributed by atoms with E-state index in [0.717, 1.165) is 4.47 Å². The predicted octanol–water partition coefficient (Wildman–Crippen LogP) is 1.17. The molecule has 5 nitrogen and oxygen atoms in total. The average molecular weight is 327 g/mol. The predicted molar refractivity (Wildman–Crippen MR) is 73.8 cm³/mol. The summed E-state index contributed by atoms with van der Waals surface area (Å²) in [5, 5.41) is 2.68. The molecule has 6 heteroatoms. The summed E-state index contributed by atoms with van der Waals surface area (Å²) in [7, 11) is 0. The fraction of sp³-hybridized carbons (Fsp3) is 0.385. The summed E-state index contributed by atoms with van der Waals surface area (Å²) in [5.41, 5.74) is 0. The highest BCUT2D eigenvalue weighted by Gasteiger charge is 2.26. The molecule has 1 aliphatic heterocycles. The zero-order chi connectivity index (χ0) is 13.8. The number of nitrogens with zero attached hydrogens (tertiary/aromatic N) is 1. The van der Waals surface area contributed by atoms with E-state index in [-0.39, 0.29) is 18.4 Å². The van der Waals surface area contributed by atoms with Crippen LogP contribution in [0.3, 0.4) is 0 Å². The average Bonchev–Trinajstić information content (AvgIpc) is 2.40. The highest BCUT2D eigenvalue weighted by atomic mass is 79.9. The largest absolute Gasteiger partial charge is 0.481 e. The number of hydrogen-bond donors (Lipinski definition) is 1. The minimum Gasteiger partial charge on any atom is -0.481 e. The lowest BCUT2D eigenvalue weighted by Gasteiger charge is -2.29. The van der Waals surface area contributed by atoms with Gasteiger partial charge < -0.3 is 15.0 Å². The van der Waals surface area contributed by atoms with Crippen molar-refractivity contribution in [3.63, 3.8) is 0 Å². The van der Waals surface area contributed by atoms with Crippen molar-refractivity contribution < 1.29 is 14.3 Å². The van der Waals surface area contributed by atoms with Gasteiger partial charge in [0, 0.05) is 17.6 Å². The Hall–Kier alpha value is -1.56. The number of piperazine rings is 1. The van der Waals surface area contributed by atoms with Crippen molar-refractivity contribution in [2.75, 3.05) is 19.6 Å². The van der Waals surface area contributed by atoms with E-state index >= 15 is 0 Å². The lowest BCUT2D eigenvalue weighted by Crippen LogP contribution is -2.53. The minimum atomic E-state index is -0.605. The summed E-state index contributed by atoms with van der Waals surface area (Å²) < 4.78 is 6.53. The van der Waals surface area contributed by atoms with E-state index < -0.39 is 6.10 Å². The summed E-state index contributed by atoms with van der Waals surface area (Å²) >= 11 is 3.33. The highest BCUT2D eigenvalue weighted by Crippen LogP contribution is 2.17. The molecule has 0 aromatic heterocycles. The van der Waals surface area contributed by atoms with Crippen LogP contribution in [0, 0.1) is 0 Å². The standard InChI is InChI=1S/C13H15BrN2O3/c1-9(19-11-4-2-10(14)3-5-11)13(18)16-7-6-15-12(17)8-16/h2-5,9H,6-8H2,1H3,(H,15,17)/t9-/m0/s1. The molecule has 0 radical (unpaired) electrons. The number of benzene rings is 1. The molecule has 0 saturated carbocycles. The first kappa shape index (κ1) is 13.9. The van der Waals surface area contributed by atoms with Crippen molar-refractivity contribution in [2.45, 2.75) is 13.0 Å². The number of ether oxygens (including phenoxy) is 1. The number of amides is 2. The molecule has 102 valence electrons. The lowest BCUT2D eigenvalue weighted by molar-refractivity contribution is -0.143. The Balaban J connectivity index is 1.95. The molecule has 1 aromatic rings. The van der Waals surface area contributed by atoms with Gasteiger partial charge in [-0.2, -0.15) is 0 Å². The van der Waals surface area contributed by atoms with Gasteiger partial charge in [-0.05, 0) is 31.2 Å². The summed E-state index contributed by atoms with van der Waals surface area (Å²) in [6.45, 7) is 2.82. The number of hydrogen-bond acceptors (Lipinski definition) is 3. The zero-order valence-corrected chi connectivity index (χ0v) is 12.1. The molecule has 1 saturated heterocycles. The van der Waals surface area contributed by atoms with E-state index in [0.29, 0.717) is 18.8 Å². The highest BCUT2D eigenvalue weighted by molar-refractivity contribution is 9.10. The maximum absolute atomic E-state index is 12.1. The third kappa shape index (κ3) is 3.70. The van der Waals surface area contributed by atoms with E-state index in [2.05, 4.69) is 21.2 Å². The Morgan fingerprint density at radius 3 is 2.74 bits per heavy atom. The molecule has 19 heavy (non-hydrogen) atoms. The number of nitrogens with one attached hydrogen (secondary N) is 1. The van der Waals surface area contributed by atoms with Crippen LogP contribution in [0.1, 0.15) is 6.92 Å². The Morgan fingerprint density at radius 2 is 2.11 bits per heavy atom. The van der Waals surface area contributed by atoms with Gasteiger partial charge in [0.2, 0.25) is 5.91 Å². The van der Waals surface area contributed by atoms with Crippen LogP contribution >= 0.6 is 15.9 Å². The van der Waals surface area contributed by atoms with Gasteiger partial charge in [-0.3, -0.25) is 9.59 Å². The van der Waals surface area contributed by atoms with Gasteiger partial charge in [0.25, 0.3) is 5.91 Å². The van der Waals surface area contributed by atoms with Gasteiger partial charge in [0.15, 0.2) is 6.10 Å². The molecule has 1 aromatic carbocycles. The maximum Gasteiger partial charge on any atom is 0.263 e. The lowest BCUT2D eigenvalue weighted by atomic mass is 10.2. The number of halogens is 1. The number of carbonyl (C=O) groups is 2. The Kier molecular flexibility index (Phi) is 4.42. The molecule has 2 rings (SSSR count). The number of rotatable bonds is 3. The molecule has 0 unspecified atom stereocenters. The maximum atomic E-state index is 12.1. The third-order valence-corrected chi connectivity index (χ3v) is 3.35. The van der Waals surface area contributed by atoms with Crippen molar-refractivity contribution in [1.82, 2.24) is 10.2 Å². The fourth-order valence-corrected chi connectivity index (χ4v) is 2.12. The van der Waals surface area contributed by atoms with E-state index in [1.807, 2.05) is 12.1 Å². The van der Waals surface area contributed by atoms with Gasteiger partial charge >= 0.3 is 0 Å². The first-order valence-electron chi connectivity index (χ1n) is 6.04. The van der Waals surface area contributed by atoms with Crippen LogP contribution in [-0.2, 0) is 9.59 Å². The summed E-state index contributed by atoms with van der Waals surface area (Å²) in [6, 6.07) is 7.27. The van der Waals surface area contributed by atoms with E-state index in [4.69, 9.17) is 4.74 Å². The Bertz CT molecular complexity index is 475. The first-order valence-corrected chi connectivity index (χ1v) is 6.83. The topological polar surface area (TPSA) is 58.6 Å². The van der Waals surface area contributed by atoms with Gasteiger partial charge in [-0.15, -0.1) is 0 Å². The monoisotopic (exact) mass is 326 g/mol. The van der Waals surface area contributed by atoms with Crippen LogP contribution in [0.2, 0.25) is 0 Å². The van der Waals surface area contributed by atoms with Crippen LogP contribution in [0.15, 0.2) is 28.7 Å². The summed E-state index contributed by atoms with van der Waals surface area (Å²) in [6.07, 6.45) is -0.605. The van der Waals surface area contributed by atoms with Crippen molar-refractivity contribution in [3.8, 4) is 5.75 Å². The van der Waals surface area contributed by atoms with Crippen molar-refractivity contribution in [3.05, 3.63) is 28.7 Å². The van der Waals surface area contributed by atoms with E-state index in [1.54, 1.807) is 19.1 Å². The van der Waals surface area contributed by atoms with Crippen molar-refractivity contribution >= 4 is 27.7 Å².